The molecule has 1 amide bonds. The average Bonchev–Trinajstić information content (AvgIpc) is 2.89. The van der Waals surface area contributed by atoms with E-state index in [1.54, 1.807) is 11.8 Å². The quantitative estimate of drug-likeness (QED) is 0.686. The highest BCUT2D eigenvalue weighted by molar-refractivity contribution is 7.98. The summed E-state index contributed by atoms with van der Waals surface area (Å²) in [5, 5.41) is 8.54. The Morgan fingerprint density at radius 3 is 2.50 bits per heavy atom. The number of carbonyl (C=O) groups excluding carboxylic acids is 1. The number of aryl methyl sites for hydroxylation is 4. The number of benzene rings is 1. The van der Waals surface area contributed by atoms with Crippen LogP contribution >= 0.6 is 11.8 Å². The molecule has 0 atom stereocenters. The number of nitrogens with zero attached hydrogens (tertiary/aromatic N) is 3. The highest BCUT2D eigenvalue weighted by Crippen LogP contribution is 2.26. The van der Waals surface area contributed by atoms with Crippen LogP contribution in [0.1, 0.15) is 28.9 Å². The number of nitrogens with one attached hydrogen (secondary N) is 1. The van der Waals surface area contributed by atoms with E-state index in [0.717, 1.165) is 33.7 Å². The highest BCUT2D eigenvalue weighted by atomic mass is 32.2. The van der Waals surface area contributed by atoms with Gasteiger partial charge in [-0.05, 0) is 68.8 Å². The van der Waals surface area contributed by atoms with E-state index in [4.69, 9.17) is 4.98 Å². The topological polar surface area (TPSA) is 59.8 Å². The Labute approximate surface area is 158 Å². The van der Waals surface area contributed by atoms with Crippen molar-refractivity contribution in [2.45, 2.75) is 38.5 Å². The second-order valence-electron chi connectivity index (χ2n) is 6.49. The largest absolute Gasteiger partial charge is 0.326 e. The molecule has 136 valence electrons. The molecule has 1 N–H and O–H groups in total. The molecule has 0 saturated carbocycles. The van der Waals surface area contributed by atoms with Gasteiger partial charge in [0.15, 0.2) is 5.65 Å². The first-order chi connectivity index (χ1) is 12.4. The molecule has 5 nitrogen and oxygen atoms in total. The van der Waals surface area contributed by atoms with E-state index in [-0.39, 0.29) is 5.91 Å². The van der Waals surface area contributed by atoms with Gasteiger partial charge in [0.1, 0.15) is 0 Å². The maximum Gasteiger partial charge on any atom is 0.224 e. The van der Waals surface area contributed by atoms with Crippen LogP contribution in [0.3, 0.4) is 0 Å². The summed E-state index contributed by atoms with van der Waals surface area (Å²) in [7, 11) is 1.91. The van der Waals surface area contributed by atoms with Gasteiger partial charge in [0, 0.05) is 35.1 Å². The molecule has 0 aliphatic heterocycles. The molecular formula is C20H24N4OS. The minimum absolute atomic E-state index is 0.0173. The van der Waals surface area contributed by atoms with Crippen LogP contribution in [0.2, 0.25) is 0 Å². The third-order valence-electron chi connectivity index (χ3n) is 4.71. The van der Waals surface area contributed by atoms with Crippen molar-refractivity contribution in [2.24, 2.45) is 7.05 Å². The number of amides is 1. The van der Waals surface area contributed by atoms with E-state index >= 15 is 0 Å². The van der Waals surface area contributed by atoms with Gasteiger partial charge in [-0.15, -0.1) is 11.8 Å². The van der Waals surface area contributed by atoms with E-state index in [9.17, 15) is 4.79 Å². The third kappa shape index (κ3) is 3.60. The van der Waals surface area contributed by atoms with Crippen LogP contribution < -0.4 is 5.32 Å². The van der Waals surface area contributed by atoms with Crippen LogP contribution in [-0.4, -0.2) is 26.9 Å². The number of rotatable bonds is 5. The van der Waals surface area contributed by atoms with E-state index in [1.807, 2.05) is 56.1 Å². The van der Waals surface area contributed by atoms with Gasteiger partial charge in [-0.1, -0.05) is 0 Å². The predicted molar refractivity (Wildman–Crippen MR) is 108 cm³/mol. The Balaban J connectivity index is 1.74. The molecule has 3 aromatic rings. The summed E-state index contributed by atoms with van der Waals surface area (Å²) < 4.78 is 1.82. The van der Waals surface area contributed by atoms with Crippen molar-refractivity contribution in [3.63, 3.8) is 0 Å². The van der Waals surface area contributed by atoms with Crippen molar-refractivity contribution < 1.29 is 4.79 Å². The number of fused-ring (bicyclic) bond motifs is 1. The monoisotopic (exact) mass is 368 g/mol. The van der Waals surface area contributed by atoms with Crippen LogP contribution in [0.25, 0.3) is 11.0 Å². The Hall–Kier alpha value is -2.34. The van der Waals surface area contributed by atoms with Crippen LogP contribution in [0.4, 0.5) is 5.69 Å². The van der Waals surface area contributed by atoms with E-state index in [1.165, 1.54) is 10.5 Å². The highest BCUT2D eigenvalue weighted by Gasteiger charge is 2.16. The second kappa shape index (κ2) is 7.50. The fraction of sp³-hybridized carbons (Fsp3) is 0.350. The number of anilines is 1. The average molecular weight is 369 g/mol. The Morgan fingerprint density at radius 1 is 1.15 bits per heavy atom. The van der Waals surface area contributed by atoms with Crippen molar-refractivity contribution in [3.05, 3.63) is 46.8 Å². The normalized spacial score (nSPS) is 11.1. The summed E-state index contributed by atoms with van der Waals surface area (Å²) in [6, 6.07) is 7.90. The fourth-order valence-electron chi connectivity index (χ4n) is 3.37. The molecular weight excluding hydrogens is 344 g/mol. The first-order valence-corrected chi connectivity index (χ1v) is 9.86. The molecule has 0 saturated heterocycles. The zero-order chi connectivity index (χ0) is 18.8. The van der Waals surface area contributed by atoms with Gasteiger partial charge in [0.2, 0.25) is 5.91 Å². The molecule has 1 aromatic carbocycles. The van der Waals surface area contributed by atoms with Crippen LogP contribution in [0.5, 0.6) is 0 Å². The molecule has 0 fully saturated rings. The molecule has 0 bridgehead atoms. The lowest BCUT2D eigenvalue weighted by atomic mass is 9.99. The van der Waals surface area contributed by atoms with Gasteiger partial charge in [0.25, 0.3) is 0 Å². The number of carbonyl (C=O) groups is 1. The molecule has 0 unspecified atom stereocenters. The fourth-order valence-corrected chi connectivity index (χ4v) is 3.77. The van der Waals surface area contributed by atoms with Gasteiger partial charge in [-0.25, -0.2) is 4.98 Å². The van der Waals surface area contributed by atoms with Gasteiger partial charge >= 0.3 is 0 Å². The van der Waals surface area contributed by atoms with Crippen LogP contribution in [0.15, 0.2) is 29.2 Å². The van der Waals surface area contributed by atoms with Crippen molar-refractivity contribution in [3.8, 4) is 0 Å². The molecule has 0 aliphatic carbocycles. The summed E-state index contributed by atoms with van der Waals surface area (Å²) in [6.07, 6.45) is 3.13. The predicted octanol–water partition coefficient (Wildman–Crippen LogP) is 4.19. The lowest BCUT2D eigenvalue weighted by molar-refractivity contribution is -0.116. The lowest BCUT2D eigenvalue weighted by Gasteiger charge is -2.11. The maximum atomic E-state index is 12.3. The zero-order valence-electron chi connectivity index (χ0n) is 15.9. The summed E-state index contributed by atoms with van der Waals surface area (Å²) in [4.78, 5) is 18.2. The Kier molecular flexibility index (Phi) is 5.32. The molecule has 0 radical (unpaired) electrons. The van der Waals surface area contributed by atoms with E-state index in [0.29, 0.717) is 12.8 Å². The zero-order valence-corrected chi connectivity index (χ0v) is 16.7. The van der Waals surface area contributed by atoms with Crippen LogP contribution in [0, 0.1) is 20.8 Å². The summed E-state index contributed by atoms with van der Waals surface area (Å²) in [5.74, 6) is 0.0173. The molecule has 3 rings (SSSR count). The summed E-state index contributed by atoms with van der Waals surface area (Å²) in [6.45, 7) is 6.10. The molecule has 26 heavy (non-hydrogen) atoms. The van der Waals surface area contributed by atoms with Gasteiger partial charge in [-0.3, -0.25) is 9.48 Å². The van der Waals surface area contributed by atoms with Crippen molar-refractivity contribution in [1.29, 1.82) is 0 Å². The van der Waals surface area contributed by atoms with E-state index in [2.05, 4.69) is 17.3 Å². The van der Waals surface area contributed by atoms with Crippen molar-refractivity contribution in [2.75, 3.05) is 11.6 Å². The number of hydrogen-bond donors (Lipinski definition) is 1. The van der Waals surface area contributed by atoms with Gasteiger partial charge < -0.3 is 5.32 Å². The summed E-state index contributed by atoms with van der Waals surface area (Å²) >= 11 is 1.68. The third-order valence-corrected chi connectivity index (χ3v) is 5.45. The number of aromatic nitrogens is 3. The smallest absolute Gasteiger partial charge is 0.224 e. The van der Waals surface area contributed by atoms with Crippen molar-refractivity contribution in [1.82, 2.24) is 14.8 Å². The van der Waals surface area contributed by atoms with Crippen LogP contribution in [-0.2, 0) is 18.3 Å². The first-order valence-electron chi connectivity index (χ1n) is 8.64. The SMILES string of the molecule is CSc1ccc(NC(=O)CCc2c(C)nc3c(c(C)nn3C)c2C)cc1. The van der Waals surface area contributed by atoms with Crippen molar-refractivity contribution >= 4 is 34.4 Å². The Morgan fingerprint density at radius 2 is 1.85 bits per heavy atom. The second-order valence-corrected chi connectivity index (χ2v) is 7.36. The lowest BCUT2D eigenvalue weighted by Crippen LogP contribution is -2.13. The molecule has 0 aliphatic rings. The standard InChI is InChI=1S/C20H24N4OS/c1-12-17(13(2)21-20-19(12)14(3)23-24(20)4)10-11-18(25)22-15-6-8-16(26-5)9-7-15/h6-9H,10-11H2,1-5H3,(H,22,25). The molecule has 2 aromatic heterocycles. The number of hydrogen-bond acceptors (Lipinski definition) is 4. The molecule has 0 spiro atoms. The summed E-state index contributed by atoms with van der Waals surface area (Å²) in [5.41, 5.74) is 6.00. The molecule has 6 heteroatoms. The van der Waals surface area contributed by atoms with Gasteiger partial charge in [-0.2, -0.15) is 5.10 Å². The molecule has 2 heterocycles. The number of pyridine rings is 1. The minimum Gasteiger partial charge on any atom is -0.326 e. The first kappa shape index (κ1) is 18.5. The maximum absolute atomic E-state index is 12.3. The minimum atomic E-state index is 0.0173. The Bertz CT molecular complexity index is 960. The number of thioether (sulfide) groups is 1. The van der Waals surface area contributed by atoms with Gasteiger partial charge in [0.05, 0.1) is 5.69 Å². The van der Waals surface area contributed by atoms with E-state index < -0.39 is 0 Å².